The summed E-state index contributed by atoms with van der Waals surface area (Å²) >= 11 is 0. The first kappa shape index (κ1) is 13.9. The number of hydrogen-bond donors (Lipinski definition) is 2. The number of carboxylic acids is 1. The first-order chi connectivity index (χ1) is 10.00. The van der Waals surface area contributed by atoms with E-state index in [9.17, 15) is 9.90 Å². The van der Waals surface area contributed by atoms with Crippen LogP contribution in [0.25, 0.3) is 5.65 Å². The molecule has 1 aliphatic carbocycles. The third-order valence-corrected chi connectivity index (χ3v) is 4.43. The van der Waals surface area contributed by atoms with Crippen LogP contribution in [-0.4, -0.2) is 31.2 Å². The molecule has 2 aromatic heterocycles. The van der Waals surface area contributed by atoms with Crippen LogP contribution in [0.5, 0.6) is 0 Å². The summed E-state index contributed by atoms with van der Waals surface area (Å²) in [6, 6.07) is 3.85. The molecule has 2 aromatic rings. The fourth-order valence-electron chi connectivity index (χ4n) is 3.04. The summed E-state index contributed by atoms with van der Waals surface area (Å²) in [5.41, 5.74) is 0.851. The number of pyridine rings is 1. The van der Waals surface area contributed by atoms with Crippen LogP contribution in [0.2, 0.25) is 0 Å². The van der Waals surface area contributed by atoms with Gasteiger partial charge in [-0.2, -0.15) is 9.61 Å². The predicted molar refractivity (Wildman–Crippen MR) is 79.3 cm³/mol. The molecule has 6 heteroatoms. The molecule has 1 saturated carbocycles. The molecule has 1 fully saturated rings. The largest absolute Gasteiger partial charge is 0.480 e. The van der Waals surface area contributed by atoms with Crippen molar-refractivity contribution in [2.45, 2.75) is 45.1 Å². The summed E-state index contributed by atoms with van der Waals surface area (Å²) in [5, 5.41) is 17.1. The van der Waals surface area contributed by atoms with Gasteiger partial charge in [0.1, 0.15) is 17.7 Å². The number of carboxylic acid groups (broad SMARTS) is 1. The molecule has 0 aliphatic heterocycles. The minimum absolute atomic E-state index is 0.586. The zero-order valence-corrected chi connectivity index (χ0v) is 12.3. The van der Waals surface area contributed by atoms with Crippen molar-refractivity contribution in [2.75, 3.05) is 5.32 Å². The van der Waals surface area contributed by atoms with E-state index in [-0.39, 0.29) is 0 Å². The van der Waals surface area contributed by atoms with E-state index in [4.69, 9.17) is 0 Å². The number of anilines is 1. The monoisotopic (exact) mass is 288 g/mol. The highest BCUT2D eigenvalue weighted by molar-refractivity contribution is 5.82. The number of aromatic nitrogens is 3. The van der Waals surface area contributed by atoms with Crippen molar-refractivity contribution in [3.8, 4) is 0 Å². The Bertz CT molecular complexity index is 671. The van der Waals surface area contributed by atoms with Gasteiger partial charge < -0.3 is 10.4 Å². The van der Waals surface area contributed by atoms with Gasteiger partial charge in [0.2, 0.25) is 0 Å². The summed E-state index contributed by atoms with van der Waals surface area (Å²) in [6.07, 6.45) is 4.59. The summed E-state index contributed by atoms with van der Waals surface area (Å²) < 4.78 is 1.66. The Morgan fingerprint density at radius 2 is 2.14 bits per heavy atom. The van der Waals surface area contributed by atoms with Crippen LogP contribution < -0.4 is 5.32 Å². The maximum Gasteiger partial charge on any atom is 0.329 e. The van der Waals surface area contributed by atoms with Gasteiger partial charge >= 0.3 is 5.97 Å². The van der Waals surface area contributed by atoms with Gasteiger partial charge in [-0.1, -0.05) is 6.92 Å². The van der Waals surface area contributed by atoms with E-state index in [0.717, 1.165) is 24.1 Å². The lowest BCUT2D eigenvalue weighted by Crippen LogP contribution is -2.49. The molecule has 0 atom stereocenters. The van der Waals surface area contributed by atoms with Crippen molar-refractivity contribution in [1.29, 1.82) is 0 Å². The number of nitrogens with one attached hydrogen (secondary N) is 1. The summed E-state index contributed by atoms with van der Waals surface area (Å²) in [7, 11) is 0. The van der Waals surface area contributed by atoms with Crippen molar-refractivity contribution in [2.24, 2.45) is 5.92 Å². The molecular formula is C15H20N4O2. The van der Waals surface area contributed by atoms with Gasteiger partial charge in [-0.05, 0) is 56.2 Å². The predicted octanol–water partition coefficient (Wildman–Crippen LogP) is 2.48. The summed E-state index contributed by atoms with van der Waals surface area (Å²) in [6.45, 7) is 4.14. The van der Waals surface area contributed by atoms with E-state index >= 15 is 0 Å². The van der Waals surface area contributed by atoms with Crippen LogP contribution in [0.1, 0.15) is 38.2 Å². The third-order valence-electron chi connectivity index (χ3n) is 4.43. The Kier molecular flexibility index (Phi) is 3.31. The second kappa shape index (κ2) is 5.02. The zero-order chi connectivity index (χ0) is 15.0. The SMILES string of the molecule is Cc1cc(NC2(C(=O)O)CCC(C)CC2)n2ncnc2c1. The lowest BCUT2D eigenvalue weighted by Gasteiger charge is -2.37. The molecule has 21 heavy (non-hydrogen) atoms. The third kappa shape index (κ3) is 2.46. The number of fused-ring (bicyclic) bond motifs is 1. The van der Waals surface area contributed by atoms with E-state index in [1.54, 1.807) is 4.52 Å². The first-order valence-corrected chi connectivity index (χ1v) is 7.32. The average molecular weight is 288 g/mol. The van der Waals surface area contributed by atoms with Gasteiger partial charge in [-0.3, -0.25) is 0 Å². The number of rotatable bonds is 3. The molecule has 1 aliphatic rings. The van der Waals surface area contributed by atoms with Gasteiger partial charge in [0.15, 0.2) is 5.65 Å². The van der Waals surface area contributed by atoms with Crippen molar-refractivity contribution in [1.82, 2.24) is 14.6 Å². The van der Waals surface area contributed by atoms with Gasteiger partial charge in [0.25, 0.3) is 0 Å². The van der Waals surface area contributed by atoms with Crippen LogP contribution in [0.15, 0.2) is 18.5 Å². The lowest BCUT2D eigenvalue weighted by molar-refractivity contribution is -0.143. The van der Waals surface area contributed by atoms with E-state index in [2.05, 4.69) is 22.3 Å². The minimum Gasteiger partial charge on any atom is -0.480 e. The Hall–Kier alpha value is -2.11. The minimum atomic E-state index is -0.904. The summed E-state index contributed by atoms with van der Waals surface area (Å²) in [5.74, 6) is 0.492. The molecule has 0 spiro atoms. The van der Waals surface area contributed by atoms with Gasteiger partial charge in [-0.15, -0.1) is 0 Å². The molecule has 0 amide bonds. The molecule has 0 radical (unpaired) electrons. The fraction of sp³-hybridized carbons (Fsp3) is 0.533. The number of aryl methyl sites for hydroxylation is 1. The second-order valence-electron chi connectivity index (χ2n) is 6.14. The molecule has 2 N–H and O–H groups in total. The van der Waals surface area contributed by atoms with E-state index < -0.39 is 11.5 Å². The topological polar surface area (TPSA) is 79.5 Å². The van der Waals surface area contributed by atoms with Crippen molar-refractivity contribution in [3.05, 3.63) is 24.0 Å². The van der Waals surface area contributed by atoms with Gasteiger partial charge in [-0.25, -0.2) is 9.78 Å². The number of nitrogens with zero attached hydrogens (tertiary/aromatic N) is 3. The lowest BCUT2D eigenvalue weighted by atomic mass is 9.77. The van der Waals surface area contributed by atoms with Crippen molar-refractivity contribution >= 4 is 17.4 Å². The Balaban J connectivity index is 1.98. The number of hydrogen-bond acceptors (Lipinski definition) is 4. The molecule has 2 heterocycles. The molecule has 0 saturated heterocycles. The average Bonchev–Trinajstić information content (AvgIpc) is 2.89. The maximum absolute atomic E-state index is 11.8. The molecular weight excluding hydrogens is 268 g/mol. The zero-order valence-electron chi connectivity index (χ0n) is 12.3. The van der Waals surface area contributed by atoms with Crippen LogP contribution in [0, 0.1) is 12.8 Å². The van der Waals surface area contributed by atoms with Crippen molar-refractivity contribution in [3.63, 3.8) is 0 Å². The number of aliphatic carboxylic acids is 1. The molecule has 0 bridgehead atoms. The Labute approximate surface area is 123 Å². The normalized spacial score (nSPS) is 25.9. The number of carbonyl (C=O) groups is 1. The molecule has 0 unspecified atom stereocenters. The second-order valence-corrected chi connectivity index (χ2v) is 6.14. The quantitative estimate of drug-likeness (QED) is 0.907. The summed E-state index contributed by atoms with van der Waals surface area (Å²) in [4.78, 5) is 16.0. The molecule has 3 rings (SSSR count). The fourth-order valence-corrected chi connectivity index (χ4v) is 3.04. The highest BCUT2D eigenvalue weighted by Gasteiger charge is 2.41. The van der Waals surface area contributed by atoms with Crippen LogP contribution in [0.4, 0.5) is 5.82 Å². The standard InChI is InChI=1S/C15H20N4O2/c1-10-3-5-15(6-4-10,14(20)21)18-13-8-11(2)7-12-16-9-17-19(12)13/h7-10,18H,3-6H2,1-2H3,(H,20,21). The van der Waals surface area contributed by atoms with Crippen LogP contribution in [0.3, 0.4) is 0 Å². The highest BCUT2D eigenvalue weighted by atomic mass is 16.4. The Morgan fingerprint density at radius 1 is 1.43 bits per heavy atom. The van der Waals surface area contributed by atoms with Crippen molar-refractivity contribution < 1.29 is 9.90 Å². The van der Waals surface area contributed by atoms with Gasteiger partial charge in [0, 0.05) is 0 Å². The maximum atomic E-state index is 11.8. The molecule has 6 nitrogen and oxygen atoms in total. The Morgan fingerprint density at radius 3 is 2.81 bits per heavy atom. The van der Waals surface area contributed by atoms with Gasteiger partial charge in [0.05, 0.1) is 0 Å². The first-order valence-electron chi connectivity index (χ1n) is 7.32. The molecule has 0 aromatic carbocycles. The smallest absolute Gasteiger partial charge is 0.329 e. The van der Waals surface area contributed by atoms with E-state index in [1.807, 2.05) is 19.1 Å². The highest BCUT2D eigenvalue weighted by Crippen LogP contribution is 2.35. The van der Waals surface area contributed by atoms with Crippen LogP contribution in [-0.2, 0) is 4.79 Å². The van der Waals surface area contributed by atoms with E-state index in [1.165, 1.54) is 6.33 Å². The van der Waals surface area contributed by atoms with E-state index in [0.29, 0.717) is 24.6 Å². The van der Waals surface area contributed by atoms with Crippen LogP contribution >= 0.6 is 0 Å². The molecule has 112 valence electrons.